The molecule has 2 heteroatoms. The van der Waals surface area contributed by atoms with E-state index in [1.54, 1.807) is 0 Å². The number of Topliss-reactive ketones (excluding diaryl/α,β-unsaturated/α-hetero) is 1. The summed E-state index contributed by atoms with van der Waals surface area (Å²) in [4.78, 5) is 12.3. The summed E-state index contributed by atoms with van der Waals surface area (Å²) in [7, 11) is 0. The Morgan fingerprint density at radius 1 is 1.35 bits per heavy atom. The summed E-state index contributed by atoms with van der Waals surface area (Å²) < 4.78 is 0. The summed E-state index contributed by atoms with van der Waals surface area (Å²) in [6, 6.07) is 7.92. The Labute approximate surface area is 103 Å². The van der Waals surface area contributed by atoms with Crippen LogP contribution in [0.15, 0.2) is 24.3 Å². The van der Waals surface area contributed by atoms with E-state index in [2.05, 4.69) is 6.92 Å². The van der Waals surface area contributed by atoms with Gasteiger partial charge in [0.05, 0.1) is 5.54 Å². The van der Waals surface area contributed by atoms with Crippen LogP contribution in [-0.2, 0) is 6.42 Å². The highest BCUT2D eigenvalue weighted by Crippen LogP contribution is 2.39. The van der Waals surface area contributed by atoms with Crippen molar-refractivity contribution in [2.45, 2.75) is 45.1 Å². The van der Waals surface area contributed by atoms with Crippen molar-refractivity contribution in [3.63, 3.8) is 0 Å². The molecule has 1 aromatic rings. The van der Waals surface area contributed by atoms with Crippen LogP contribution in [0.1, 0.15) is 49.0 Å². The van der Waals surface area contributed by atoms with Crippen LogP contribution in [0, 0.1) is 5.92 Å². The Morgan fingerprint density at radius 3 is 2.41 bits per heavy atom. The van der Waals surface area contributed by atoms with Crippen molar-refractivity contribution < 1.29 is 4.79 Å². The lowest BCUT2D eigenvalue weighted by Gasteiger charge is -2.22. The molecule has 0 radical (unpaired) electrons. The molecule has 1 aliphatic carbocycles. The van der Waals surface area contributed by atoms with E-state index in [1.807, 2.05) is 31.2 Å². The monoisotopic (exact) mass is 231 g/mol. The fourth-order valence-electron chi connectivity index (χ4n) is 2.29. The van der Waals surface area contributed by atoms with Crippen molar-refractivity contribution >= 4 is 5.78 Å². The molecule has 1 atom stereocenters. The summed E-state index contributed by atoms with van der Waals surface area (Å²) in [5.41, 5.74) is 7.51. The highest BCUT2D eigenvalue weighted by molar-refractivity contribution is 6.03. The van der Waals surface area contributed by atoms with Gasteiger partial charge in [0.2, 0.25) is 0 Å². The molecule has 1 fully saturated rings. The lowest BCUT2D eigenvalue weighted by Crippen LogP contribution is -2.47. The average Bonchev–Trinajstić information content (AvgIpc) is 3.13. The lowest BCUT2D eigenvalue weighted by molar-refractivity contribution is 0.0883. The molecule has 1 aromatic carbocycles. The molecule has 0 aromatic heterocycles. The van der Waals surface area contributed by atoms with E-state index in [4.69, 9.17) is 5.73 Å². The van der Waals surface area contributed by atoms with Crippen LogP contribution in [0.25, 0.3) is 0 Å². The number of hydrogen-bond acceptors (Lipinski definition) is 2. The molecule has 17 heavy (non-hydrogen) atoms. The summed E-state index contributed by atoms with van der Waals surface area (Å²) in [5, 5.41) is 0. The molecule has 0 bridgehead atoms. The third kappa shape index (κ3) is 2.58. The maximum absolute atomic E-state index is 12.3. The first-order valence-corrected chi connectivity index (χ1v) is 6.48. The van der Waals surface area contributed by atoms with Gasteiger partial charge in [-0.1, -0.05) is 37.6 Å². The third-order valence-corrected chi connectivity index (χ3v) is 3.67. The van der Waals surface area contributed by atoms with E-state index in [0.717, 1.165) is 31.2 Å². The van der Waals surface area contributed by atoms with Gasteiger partial charge in [-0.3, -0.25) is 4.79 Å². The molecule has 2 rings (SSSR count). The second kappa shape index (κ2) is 4.61. The minimum absolute atomic E-state index is 0.0862. The van der Waals surface area contributed by atoms with Gasteiger partial charge in [0.25, 0.3) is 0 Å². The number of ketones is 1. The molecule has 0 amide bonds. The second-order valence-corrected chi connectivity index (χ2v) is 5.33. The second-order valence-electron chi connectivity index (χ2n) is 5.33. The van der Waals surface area contributed by atoms with E-state index in [1.165, 1.54) is 5.56 Å². The minimum Gasteiger partial charge on any atom is -0.319 e. The molecule has 1 unspecified atom stereocenters. The van der Waals surface area contributed by atoms with E-state index >= 15 is 0 Å². The van der Waals surface area contributed by atoms with Crippen LogP contribution < -0.4 is 5.73 Å². The standard InChI is InChI=1S/C15H21NO/c1-3-4-11-5-7-12(8-6-11)14(17)15(2,16)13-9-10-13/h5-8,13H,3-4,9-10,16H2,1-2H3. The Balaban J connectivity index is 2.13. The van der Waals surface area contributed by atoms with Crippen molar-refractivity contribution in [3.05, 3.63) is 35.4 Å². The van der Waals surface area contributed by atoms with Crippen LogP contribution in [0.3, 0.4) is 0 Å². The van der Waals surface area contributed by atoms with Gasteiger partial charge in [0, 0.05) is 5.56 Å². The van der Waals surface area contributed by atoms with E-state index < -0.39 is 5.54 Å². The molecule has 0 aliphatic heterocycles. The summed E-state index contributed by atoms with van der Waals surface area (Å²) in [5.74, 6) is 0.466. The van der Waals surface area contributed by atoms with Crippen molar-refractivity contribution in [2.75, 3.05) is 0 Å². The van der Waals surface area contributed by atoms with Gasteiger partial charge in [-0.15, -0.1) is 0 Å². The maximum atomic E-state index is 12.3. The number of benzene rings is 1. The predicted molar refractivity (Wildman–Crippen MR) is 70.1 cm³/mol. The first-order chi connectivity index (χ1) is 8.05. The molecule has 1 aliphatic rings. The van der Waals surface area contributed by atoms with Gasteiger partial charge in [0.15, 0.2) is 5.78 Å². The summed E-state index contributed by atoms with van der Waals surface area (Å²) >= 11 is 0. The van der Waals surface area contributed by atoms with Crippen molar-refractivity contribution in [1.29, 1.82) is 0 Å². The van der Waals surface area contributed by atoms with Gasteiger partial charge in [-0.05, 0) is 37.7 Å². The first kappa shape index (κ1) is 12.3. The van der Waals surface area contributed by atoms with E-state index in [9.17, 15) is 4.79 Å². The maximum Gasteiger partial charge on any atom is 0.182 e. The third-order valence-electron chi connectivity index (χ3n) is 3.67. The van der Waals surface area contributed by atoms with Crippen LogP contribution in [-0.4, -0.2) is 11.3 Å². The SMILES string of the molecule is CCCc1ccc(C(=O)C(C)(N)C2CC2)cc1. The van der Waals surface area contributed by atoms with E-state index in [0.29, 0.717) is 5.92 Å². The zero-order chi connectivity index (χ0) is 12.5. The Kier molecular flexibility index (Phi) is 3.34. The molecule has 2 nitrogen and oxygen atoms in total. The Hall–Kier alpha value is -1.15. The fraction of sp³-hybridized carbons (Fsp3) is 0.533. The lowest BCUT2D eigenvalue weighted by atomic mass is 9.87. The van der Waals surface area contributed by atoms with Crippen molar-refractivity contribution in [1.82, 2.24) is 0 Å². The molecule has 2 N–H and O–H groups in total. The van der Waals surface area contributed by atoms with Gasteiger partial charge < -0.3 is 5.73 Å². The zero-order valence-corrected chi connectivity index (χ0v) is 10.7. The number of carbonyl (C=O) groups is 1. The number of nitrogens with two attached hydrogens (primary N) is 1. The number of carbonyl (C=O) groups excluding carboxylic acids is 1. The van der Waals surface area contributed by atoms with Crippen LogP contribution in [0.5, 0.6) is 0 Å². The average molecular weight is 231 g/mol. The van der Waals surface area contributed by atoms with Gasteiger partial charge >= 0.3 is 0 Å². The van der Waals surface area contributed by atoms with Gasteiger partial charge in [-0.2, -0.15) is 0 Å². The molecular weight excluding hydrogens is 210 g/mol. The minimum atomic E-state index is -0.674. The fourth-order valence-corrected chi connectivity index (χ4v) is 2.29. The molecule has 0 spiro atoms. The normalized spacial score (nSPS) is 18.8. The van der Waals surface area contributed by atoms with E-state index in [-0.39, 0.29) is 5.78 Å². The smallest absolute Gasteiger partial charge is 0.182 e. The number of aryl methyl sites for hydroxylation is 1. The molecule has 0 heterocycles. The highest BCUT2D eigenvalue weighted by Gasteiger charge is 2.44. The largest absolute Gasteiger partial charge is 0.319 e. The van der Waals surface area contributed by atoms with Crippen LogP contribution >= 0.6 is 0 Å². The van der Waals surface area contributed by atoms with Gasteiger partial charge in [-0.25, -0.2) is 0 Å². The number of hydrogen-bond donors (Lipinski definition) is 1. The summed E-state index contributed by atoms with van der Waals surface area (Å²) in [6.07, 6.45) is 4.38. The number of rotatable bonds is 5. The zero-order valence-electron chi connectivity index (χ0n) is 10.7. The Bertz CT molecular complexity index is 401. The molecule has 92 valence electrons. The van der Waals surface area contributed by atoms with Crippen molar-refractivity contribution in [3.8, 4) is 0 Å². The Morgan fingerprint density at radius 2 is 1.94 bits per heavy atom. The quantitative estimate of drug-likeness (QED) is 0.792. The topological polar surface area (TPSA) is 43.1 Å². The van der Waals surface area contributed by atoms with Gasteiger partial charge in [0.1, 0.15) is 0 Å². The first-order valence-electron chi connectivity index (χ1n) is 6.48. The van der Waals surface area contributed by atoms with Crippen LogP contribution in [0.4, 0.5) is 0 Å². The predicted octanol–water partition coefficient (Wildman–Crippen LogP) is 2.95. The molecular formula is C15H21NO. The highest BCUT2D eigenvalue weighted by atomic mass is 16.1. The molecule has 1 saturated carbocycles. The van der Waals surface area contributed by atoms with Crippen molar-refractivity contribution in [2.24, 2.45) is 11.7 Å². The molecule has 0 saturated heterocycles. The van der Waals surface area contributed by atoms with Crippen LogP contribution in [0.2, 0.25) is 0 Å². The summed E-state index contributed by atoms with van der Waals surface area (Å²) in [6.45, 7) is 4.02.